The van der Waals surface area contributed by atoms with Crippen molar-refractivity contribution >= 4 is 18.3 Å². The molecule has 2 N–H and O–H groups in total. The fraction of sp³-hybridized carbons (Fsp3) is 0.611. The predicted octanol–water partition coefficient (Wildman–Crippen LogP) is 3.11. The summed E-state index contributed by atoms with van der Waals surface area (Å²) in [5.74, 6) is 0.857. The van der Waals surface area contributed by atoms with Crippen molar-refractivity contribution in [3.8, 4) is 0 Å². The average Bonchev–Trinajstić information content (AvgIpc) is 2.53. The number of piperidine rings is 1. The minimum Gasteiger partial charge on any atom is -0.342 e. The highest BCUT2D eigenvalue weighted by Crippen LogP contribution is 2.34. The quantitative estimate of drug-likeness (QED) is 0.909. The lowest BCUT2D eigenvalue weighted by Gasteiger charge is -2.37. The molecule has 3 unspecified atom stereocenters. The van der Waals surface area contributed by atoms with Gasteiger partial charge in [0.25, 0.3) is 0 Å². The van der Waals surface area contributed by atoms with Crippen molar-refractivity contribution in [3.05, 3.63) is 35.4 Å². The summed E-state index contributed by atoms with van der Waals surface area (Å²) in [4.78, 5) is 15.0. The van der Waals surface area contributed by atoms with E-state index >= 15 is 0 Å². The molecule has 4 heteroatoms. The third-order valence-electron chi connectivity index (χ3n) is 5.18. The maximum Gasteiger partial charge on any atom is 0.230 e. The lowest BCUT2D eigenvalue weighted by Crippen LogP contribution is -2.46. The normalized spacial score (nSPS) is 25.8. The van der Waals surface area contributed by atoms with Crippen LogP contribution in [-0.4, -0.2) is 29.9 Å². The number of rotatable bonds is 2. The molecule has 122 valence electrons. The van der Waals surface area contributed by atoms with Crippen molar-refractivity contribution in [2.24, 2.45) is 11.7 Å². The second-order valence-corrected chi connectivity index (χ2v) is 6.69. The number of hydrogen-bond donors (Lipinski definition) is 1. The molecule has 1 aromatic rings. The fourth-order valence-corrected chi connectivity index (χ4v) is 3.87. The first-order valence-corrected chi connectivity index (χ1v) is 8.29. The van der Waals surface area contributed by atoms with E-state index < -0.39 is 0 Å². The van der Waals surface area contributed by atoms with Gasteiger partial charge in [-0.3, -0.25) is 4.79 Å². The maximum atomic E-state index is 13.0. The second-order valence-electron chi connectivity index (χ2n) is 6.69. The minimum atomic E-state index is 0. The largest absolute Gasteiger partial charge is 0.342 e. The Kier molecular flexibility index (Phi) is 5.87. The van der Waals surface area contributed by atoms with Crippen molar-refractivity contribution < 1.29 is 4.79 Å². The highest BCUT2D eigenvalue weighted by molar-refractivity contribution is 5.85. The molecule has 0 bridgehead atoms. The van der Waals surface area contributed by atoms with Gasteiger partial charge in [0.1, 0.15) is 0 Å². The third kappa shape index (κ3) is 3.47. The third-order valence-corrected chi connectivity index (χ3v) is 5.18. The highest BCUT2D eigenvalue weighted by atomic mass is 35.5. The molecule has 22 heavy (non-hydrogen) atoms. The van der Waals surface area contributed by atoms with Crippen molar-refractivity contribution in [2.45, 2.75) is 51.0 Å². The van der Waals surface area contributed by atoms with Crippen LogP contribution in [0.3, 0.4) is 0 Å². The molecule has 0 radical (unpaired) electrons. The number of fused-ring (bicyclic) bond motifs is 1. The summed E-state index contributed by atoms with van der Waals surface area (Å²) >= 11 is 0. The molecule has 1 fully saturated rings. The minimum absolute atomic E-state index is 0. The first kappa shape index (κ1) is 17.3. The van der Waals surface area contributed by atoms with Crippen molar-refractivity contribution in [1.29, 1.82) is 0 Å². The van der Waals surface area contributed by atoms with Crippen LogP contribution in [0.15, 0.2) is 24.3 Å². The zero-order chi connectivity index (χ0) is 14.8. The molecule has 3 rings (SSSR count). The van der Waals surface area contributed by atoms with Crippen LogP contribution in [-0.2, 0) is 11.2 Å². The Labute approximate surface area is 139 Å². The summed E-state index contributed by atoms with van der Waals surface area (Å²) in [5.41, 5.74) is 8.67. The van der Waals surface area contributed by atoms with Gasteiger partial charge in [0.15, 0.2) is 0 Å². The summed E-state index contributed by atoms with van der Waals surface area (Å²) in [6, 6.07) is 8.64. The van der Waals surface area contributed by atoms with Crippen molar-refractivity contribution in [3.63, 3.8) is 0 Å². The number of carbonyl (C=O) groups is 1. The maximum absolute atomic E-state index is 13.0. The number of hydrogen-bond acceptors (Lipinski definition) is 2. The molecule has 1 heterocycles. The molecule has 1 aliphatic heterocycles. The molecule has 1 aromatic carbocycles. The monoisotopic (exact) mass is 322 g/mol. The van der Waals surface area contributed by atoms with Crippen LogP contribution >= 0.6 is 12.4 Å². The molecule has 1 aliphatic carbocycles. The van der Waals surface area contributed by atoms with Gasteiger partial charge in [-0.05, 0) is 56.1 Å². The van der Waals surface area contributed by atoms with E-state index in [0.29, 0.717) is 11.8 Å². The van der Waals surface area contributed by atoms with Gasteiger partial charge in [-0.2, -0.15) is 0 Å². The van der Waals surface area contributed by atoms with Crippen LogP contribution in [0, 0.1) is 5.92 Å². The van der Waals surface area contributed by atoms with Gasteiger partial charge in [0.05, 0.1) is 5.92 Å². The van der Waals surface area contributed by atoms with Gasteiger partial charge in [-0.25, -0.2) is 0 Å². The van der Waals surface area contributed by atoms with E-state index in [-0.39, 0.29) is 24.4 Å². The Morgan fingerprint density at radius 2 is 2.05 bits per heavy atom. The van der Waals surface area contributed by atoms with Crippen LogP contribution in [0.25, 0.3) is 0 Å². The lowest BCUT2D eigenvalue weighted by atomic mass is 9.81. The smallest absolute Gasteiger partial charge is 0.230 e. The first-order valence-electron chi connectivity index (χ1n) is 8.29. The number of nitrogens with zero attached hydrogens (tertiary/aromatic N) is 1. The van der Waals surface area contributed by atoms with E-state index in [9.17, 15) is 4.79 Å². The predicted molar refractivity (Wildman–Crippen MR) is 92.3 cm³/mol. The Morgan fingerprint density at radius 1 is 1.27 bits per heavy atom. The lowest BCUT2D eigenvalue weighted by molar-refractivity contribution is -0.135. The molecule has 1 saturated heterocycles. The molecule has 3 nitrogen and oxygen atoms in total. The van der Waals surface area contributed by atoms with E-state index in [1.807, 2.05) is 0 Å². The number of halogens is 1. The number of benzene rings is 1. The Hall–Kier alpha value is -1.06. The van der Waals surface area contributed by atoms with Gasteiger partial charge in [-0.1, -0.05) is 24.3 Å². The van der Waals surface area contributed by atoms with Crippen LogP contribution in [0.1, 0.15) is 49.7 Å². The van der Waals surface area contributed by atoms with Crippen LogP contribution in [0.5, 0.6) is 0 Å². The molecule has 0 aromatic heterocycles. The van der Waals surface area contributed by atoms with Gasteiger partial charge in [0.2, 0.25) is 5.91 Å². The van der Waals surface area contributed by atoms with E-state index in [1.54, 1.807) is 0 Å². The zero-order valence-corrected chi connectivity index (χ0v) is 14.1. The molecule has 2 aliphatic rings. The van der Waals surface area contributed by atoms with E-state index in [1.165, 1.54) is 11.1 Å². The highest BCUT2D eigenvalue weighted by Gasteiger charge is 2.33. The molecule has 0 spiro atoms. The number of nitrogens with two attached hydrogens (primary N) is 1. The average molecular weight is 323 g/mol. The van der Waals surface area contributed by atoms with Gasteiger partial charge in [0, 0.05) is 19.1 Å². The summed E-state index contributed by atoms with van der Waals surface area (Å²) in [5, 5.41) is 0. The summed E-state index contributed by atoms with van der Waals surface area (Å²) in [7, 11) is 0. The van der Waals surface area contributed by atoms with E-state index in [0.717, 1.165) is 45.2 Å². The number of carbonyl (C=O) groups excluding carboxylic acids is 1. The molecular formula is C18H27ClN2O. The zero-order valence-electron chi connectivity index (χ0n) is 13.3. The van der Waals surface area contributed by atoms with Crippen LogP contribution in [0.2, 0.25) is 0 Å². The number of aryl methyl sites for hydroxylation is 1. The Balaban J connectivity index is 0.00000176. The summed E-state index contributed by atoms with van der Waals surface area (Å²) in [6.07, 6.45) is 5.48. The summed E-state index contributed by atoms with van der Waals surface area (Å²) < 4.78 is 0. The van der Waals surface area contributed by atoms with Gasteiger partial charge in [-0.15, -0.1) is 12.4 Å². The van der Waals surface area contributed by atoms with Crippen LogP contribution in [0.4, 0.5) is 0 Å². The van der Waals surface area contributed by atoms with Gasteiger partial charge < -0.3 is 10.6 Å². The molecule has 1 amide bonds. The van der Waals surface area contributed by atoms with E-state index in [4.69, 9.17) is 5.73 Å². The van der Waals surface area contributed by atoms with Crippen molar-refractivity contribution in [1.82, 2.24) is 4.90 Å². The summed E-state index contributed by atoms with van der Waals surface area (Å²) in [6.45, 7) is 3.81. The molecule has 3 atom stereocenters. The Morgan fingerprint density at radius 3 is 2.82 bits per heavy atom. The topological polar surface area (TPSA) is 46.3 Å². The number of amides is 1. The molecular weight excluding hydrogens is 296 g/mol. The first-order chi connectivity index (χ1) is 10.2. The number of likely N-dealkylation sites (tertiary alicyclic amines) is 1. The van der Waals surface area contributed by atoms with Crippen molar-refractivity contribution in [2.75, 3.05) is 13.1 Å². The second kappa shape index (κ2) is 7.47. The van der Waals surface area contributed by atoms with E-state index in [2.05, 4.69) is 36.1 Å². The van der Waals surface area contributed by atoms with Crippen LogP contribution < -0.4 is 5.73 Å². The molecule has 0 saturated carbocycles. The SMILES string of the molecule is CC(N)C1CCCN(C(=O)C2CCCc3ccccc32)C1.Cl. The Bertz CT molecular complexity index is 518. The standard InChI is InChI=1S/C18H26N2O.ClH/c1-13(19)15-8-5-11-20(12-15)18(21)17-10-4-7-14-6-2-3-9-16(14)17;/h2-3,6,9,13,15,17H,4-5,7-8,10-12,19H2,1H3;1H. The fourth-order valence-electron chi connectivity index (χ4n) is 3.87. The van der Waals surface area contributed by atoms with Gasteiger partial charge >= 0.3 is 0 Å².